The third kappa shape index (κ3) is 2.89. The second-order valence-corrected chi connectivity index (χ2v) is 5.27. The summed E-state index contributed by atoms with van der Waals surface area (Å²) in [6, 6.07) is 4.77. The van der Waals surface area contributed by atoms with Gasteiger partial charge in [0, 0.05) is 6.04 Å². The first-order valence-corrected chi connectivity index (χ1v) is 6.65. The molecule has 0 atom stereocenters. The molecule has 0 radical (unpaired) electrons. The lowest BCUT2D eigenvalue weighted by Gasteiger charge is -2.09. The first-order chi connectivity index (χ1) is 9.00. The van der Waals surface area contributed by atoms with Gasteiger partial charge in [0.05, 0.1) is 16.5 Å². The van der Waals surface area contributed by atoms with E-state index in [-0.39, 0.29) is 28.3 Å². The van der Waals surface area contributed by atoms with E-state index in [1.54, 1.807) is 16.8 Å². The molecule has 0 fully saturated rings. The number of rotatable bonds is 4. The standard InChI is InChI=1S/C13H13BrFN3O/c1-8(2)18-12(16-7-17-18)6-11(19)9-4-3-5-10(14)13(9)15/h3-5,7-8H,6H2,1-2H3. The average molecular weight is 326 g/mol. The molecule has 6 heteroatoms. The van der Waals surface area contributed by atoms with E-state index in [0.717, 1.165) is 0 Å². The molecule has 19 heavy (non-hydrogen) atoms. The Morgan fingerprint density at radius 2 is 2.21 bits per heavy atom. The van der Waals surface area contributed by atoms with Gasteiger partial charge >= 0.3 is 0 Å². The molecule has 0 saturated heterocycles. The predicted octanol–water partition coefficient (Wildman–Crippen LogP) is 3.19. The summed E-state index contributed by atoms with van der Waals surface area (Å²) in [6.45, 7) is 3.89. The molecule has 0 aliphatic carbocycles. The largest absolute Gasteiger partial charge is 0.294 e. The summed E-state index contributed by atoms with van der Waals surface area (Å²) in [6.07, 6.45) is 1.44. The minimum Gasteiger partial charge on any atom is -0.294 e. The lowest BCUT2D eigenvalue weighted by Crippen LogP contribution is -2.14. The van der Waals surface area contributed by atoms with E-state index in [1.165, 1.54) is 12.4 Å². The number of ketones is 1. The highest BCUT2D eigenvalue weighted by atomic mass is 79.9. The van der Waals surface area contributed by atoms with Crippen molar-refractivity contribution in [3.8, 4) is 0 Å². The molecule has 1 aromatic heterocycles. The van der Waals surface area contributed by atoms with E-state index in [1.807, 2.05) is 13.8 Å². The Labute approximate surface area is 118 Å². The van der Waals surface area contributed by atoms with Crippen molar-refractivity contribution in [2.45, 2.75) is 26.3 Å². The average Bonchev–Trinajstić information content (AvgIpc) is 2.80. The lowest BCUT2D eigenvalue weighted by atomic mass is 10.1. The number of carbonyl (C=O) groups is 1. The SMILES string of the molecule is CC(C)n1ncnc1CC(=O)c1cccc(Br)c1F. The summed E-state index contributed by atoms with van der Waals surface area (Å²) in [5.74, 6) is -0.309. The van der Waals surface area contributed by atoms with Crippen LogP contribution in [0.15, 0.2) is 29.0 Å². The van der Waals surface area contributed by atoms with Crippen LogP contribution in [-0.4, -0.2) is 20.5 Å². The second-order valence-electron chi connectivity index (χ2n) is 4.42. The maximum absolute atomic E-state index is 13.8. The van der Waals surface area contributed by atoms with Gasteiger partial charge in [0.1, 0.15) is 18.0 Å². The number of hydrogen-bond donors (Lipinski definition) is 0. The fourth-order valence-corrected chi connectivity index (χ4v) is 2.16. The summed E-state index contributed by atoms with van der Waals surface area (Å²) in [5.41, 5.74) is 0.0627. The minimum atomic E-state index is -0.539. The molecule has 0 bridgehead atoms. The number of benzene rings is 1. The van der Waals surface area contributed by atoms with Crippen LogP contribution >= 0.6 is 15.9 Å². The molecule has 2 aromatic rings. The van der Waals surface area contributed by atoms with Gasteiger partial charge in [0.2, 0.25) is 0 Å². The van der Waals surface area contributed by atoms with Crippen LogP contribution in [0.25, 0.3) is 0 Å². The Hall–Kier alpha value is -1.56. The normalized spacial score (nSPS) is 11.0. The third-order valence-electron chi connectivity index (χ3n) is 2.71. The van der Waals surface area contributed by atoms with Crippen LogP contribution in [0.4, 0.5) is 4.39 Å². The van der Waals surface area contributed by atoms with Crippen LogP contribution in [0.1, 0.15) is 36.1 Å². The Balaban J connectivity index is 2.26. The maximum Gasteiger partial charge on any atom is 0.173 e. The van der Waals surface area contributed by atoms with E-state index in [9.17, 15) is 9.18 Å². The number of nitrogens with zero attached hydrogens (tertiary/aromatic N) is 3. The molecule has 0 amide bonds. The van der Waals surface area contributed by atoms with Gasteiger partial charge in [-0.2, -0.15) is 5.10 Å². The Morgan fingerprint density at radius 3 is 2.89 bits per heavy atom. The number of Topliss-reactive ketones (excluding diaryl/α,β-unsaturated/α-hetero) is 1. The predicted molar refractivity (Wildman–Crippen MR) is 72.5 cm³/mol. The molecule has 0 N–H and O–H groups in total. The molecule has 1 heterocycles. The smallest absolute Gasteiger partial charge is 0.173 e. The zero-order chi connectivity index (χ0) is 14.0. The van der Waals surface area contributed by atoms with Crippen molar-refractivity contribution in [3.05, 3.63) is 46.2 Å². The van der Waals surface area contributed by atoms with Crippen molar-refractivity contribution in [3.63, 3.8) is 0 Å². The van der Waals surface area contributed by atoms with Crippen LogP contribution in [0.2, 0.25) is 0 Å². The van der Waals surface area contributed by atoms with Crippen LogP contribution < -0.4 is 0 Å². The van der Waals surface area contributed by atoms with Crippen molar-refractivity contribution in [2.24, 2.45) is 0 Å². The number of hydrogen-bond acceptors (Lipinski definition) is 3. The molecule has 1 aromatic carbocycles. The van der Waals surface area contributed by atoms with Crippen molar-refractivity contribution >= 4 is 21.7 Å². The van der Waals surface area contributed by atoms with E-state index in [0.29, 0.717) is 5.82 Å². The molecule has 4 nitrogen and oxygen atoms in total. The van der Waals surface area contributed by atoms with Gasteiger partial charge in [-0.3, -0.25) is 4.79 Å². The third-order valence-corrected chi connectivity index (χ3v) is 3.32. The number of aromatic nitrogens is 3. The molecule has 0 spiro atoms. The van der Waals surface area contributed by atoms with Crippen molar-refractivity contribution in [2.75, 3.05) is 0 Å². The van der Waals surface area contributed by atoms with Crippen LogP contribution in [0.3, 0.4) is 0 Å². The molecular weight excluding hydrogens is 313 g/mol. The molecule has 100 valence electrons. The molecule has 2 rings (SSSR count). The van der Waals surface area contributed by atoms with Gasteiger partial charge in [-0.25, -0.2) is 14.1 Å². The van der Waals surface area contributed by atoms with Gasteiger partial charge in [0.15, 0.2) is 5.78 Å². The number of halogens is 2. The van der Waals surface area contributed by atoms with Gasteiger partial charge in [-0.1, -0.05) is 6.07 Å². The second kappa shape index (κ2) is 5.61. The van der Waals surface area contributed by atoms with Gasteiger partial charge < -0.3 is 0 Å². The van der Waals surface area contributed by atoms with Crippen LogP contribution in [-0.2, 0) is 6.42 Å². The first-order valence-electron chi connectivity index (χ1n) is 5.86. The summed E-state index contributed by atoms with van der Waals surface area (Å²) in [7, 11) is 0. The van der Waals surface area contributed by atoms with Gasteiger partial charge in [-0.15, -0.1) is 0 Å². The van der Waals surface area contributed by atoms with E-state index in [2.05, 4.69) is 26.0 Å². The lowest BCUT2D eigenvalue weighted by molar-refractivity contribution is 0.0985. The molecule has 0 unspecified atom stereocenters. The first kappa shape index (κ1) is 13.9. The highest BCUT2D eigenvalue weighted by molar-refractivity contribution is 9.10. The molecule has 0 aliphatic rings. The Kier molecular flexibility index (Phi) is 4.09. The molecule has 0 saturated carbocycles. The highest BCUT2D eigenvalue weighted by Crippen LogP contribution is 2.20. The maximum atomic E-state index is 13.8. The zero-order valence-corrected chi connectivity index (χ0v) is 12.2. The Bertz CT molecular complexity index is 610. The van der Waals surface area contributed by atoms with Crippen molar-refractivity contribution in [1.82, 2.24) is 14.8 Å². The van der Waals surface area contributed by atoms with Crippen molar-refractivity contribution < 1.29 is 9.18 Å². The Morgan fingerprint density at radius 1 is 1.47 bits per heavy atom. The fourth-order valence-electron chi connectivity index (χ4n) is 1.79. The van der Waals surface area contributed by atoms with Crippen LogP contribution in [0.5, 0.6) is 0 Å². The van der Waals surface area contributed by atoms with Gasteiger partial charge in [0.25, 0.3) is 0 Å². The fraction of sp³-hybridized carbons (Fsp3) is 0.308. The quantitative estimate of drug-likeness (QED) is 0.811. The van der Waals surface area contributed by atoms with E-state index < -0.39 is 5.82 Å². The molecular formula is C13H13BrFN3O. The zero-order valence-electron chi connectivity index (χ0n) is 10.6. The number of carbonyl (C=O) groups excluding carboxylic acids is 1. The summed E-state index contributed by atoms with van der Waals surface area (Å²) >= 11 is 3.07. The van der Waals surface area contributed by atoms with Crippen LogP contribution in [0, 0.1) is 5.82 Å². The van der Waals surface area contributed by atoms with E-state index in [4.69, 9.17) is 0 Å². The van der Waals surface area contributed by atoms with Gasteiger partial charge in [-0.05, 0) is 41.9 Å². The van der Waals surface area contributed by atoms with Crippen molar-refractivity contribution in [1.29, 1.82) is 0 Å². The summed E-state index contributed by atoms with van der Waals surface area (Å²) in [5, 5.41) is 4.05. The van der Waals surface area contributed by atoms with E-state index >= 15 is 0 Å². The minimum absolute atomic E-state index is 0.0333. The summed E-state index contributed by atoms with van der Waals surface area (Å²) in [4.78, 5) is 16.2. The topological polar surface area (TPSA) is 47.8 Å². The summed E-state index contributed by atoms with van der Waals surface area (Å²) < 4.78 is 15.8. The molecule has 0 aliphatic heterocycles. The monoisotopic (exact) mass is 325 g/mol. The highest BCUT2D eigenvalue weighted by Gasteiger charge is 2.17.